The zero-order chi connectivity index (χ0) is 11.3. The van der Waals surface area contributed by atoms with E-state index in [4.69, 9.17) is 9.84 Å². The first-order valence-electron chi connectivity index (χ1n) is 5.76. The van der Waals surface area contributed by atoms with E-state index in [9.17, 15) is 4.79 Å². The summed E-state index contributed by atoms with van der Waals surface area (Å²) in [5.41, 5.74) is 0.511. The van der Waals surface area contributed by atoms with Gasteiger partial charge in [0.2, 0.25) is 0 Å². The van der Waals surface area contributed by atoms with Crippen molar-refractivity contribution >= 4 is 5.97 Å². The Morgan fingerprint density at radius 2 is 2.27 bits per heavy atom. The summed E-state index contributed by atoms with van der Waals surface area (Å²) in [6, 6.07) is 0. The molecule has 0 aromatic heterocycles. The maximum absolute atomic E-state index is 10.8. The Kier molecular flexibility index (Phi) is 4.82. The van der Waals surface area contributed by atoms with Crippen molar-refractivity contribution in [3.8, 4) is 0 Å². The van der Waals surface area contributed by atoms with E-state index in [0.717, 1.165) is 25.7 Å². The molecular weight excluding hydrogens is 192 g/mol. The molecule has 0 fully saturated rings. The Bertz CT molecular complexity index is 241. The van der Waals surface area contributed by atoms with Gasteiger partial charge in [-0.1, -0.05) is 13.8 Å². The van der Waals surface area contributed by atoms with Gasteiger partial charge in [-0.3, -0.25) is 0 Å². The fourth-order valence-corrected chi connectivity index (χ4v) is 1.90. The molecule has 0 heterocycles. The van der Waals surface area contributed by atoms with Crippen molar-refractivity contribution in [1.82, 2.24) is 0 Å². The third-order valence-electron chi connectivity index (χ3n) is 2.87. The molecule has 3 heteroatoms. The number of hydrogen-bond donors (Lipinski definition) is 1. The van der Waals surface area contributed by atoms with Crippen LogP contribution >= 0.6 is 0 Å². The molecule has 0 aromatic carbocycles. The molecule has 1 rings (SSSR count). The predicted molar refractivity (Wildman–Crippen MR) is 58.8 cm³/mol. The van der Waals surface area contributed by atoms with Crippen LogP contribution in [0.25, 0.3) is 0 Å². The van der Waals surface area contributed by atoms with Crippen LogP contribution in [0.2, 0.25) is 0 Å². The highest BCUT2D eigenvalue weighted by Crippen LogP contribution is 2.22. The summed E-state index contributed by atoms with van der Waals surface area (Å²) in [4.78, 5) is 10.8. The van der Waals surface area contributed by atoms with E-state index in [1.807, 2.05) is 0 Å². The molecule has 15 heavy (non-hydrogen) atoms. The van der Waals surface area contributed by atoms with E-state index < -0.39 is 5.97 Å². The average Bonchev–Trinajstić information content (AvgIpc) is 2.26. The number of hydrogen-bond acceptors (Lipinski definition) is 2. The quantitative estimate of drug-likeness (QED) is 0.762. The van der Waals surface area contributed by atoms with Gasteiger partial charge in [-0.15, -0.1) is 0 Å². The van der Waals surface area contributed by atoms with Gasteiger partial charge in [-0.25, -0.2) is 4.79 Å². The molecule has 0 aliphatic heterocycles. The lowest BCUT2D eigenvalue weighted by Crippen LogP contribution is -2.23. The molecule has 0 radical (unpaired) electrons. The molecule has 3 nitrogen and oxygen atoms in total. The summed E-state index contributed by atoms with van der Waals surface area (Å²) in [5, 5.41) is 8.88. The summed E-state index contributed by atoms with van der Waals surface area (Å²) in [6.07, 6.45) is 6.58. The lowest BCUT2D eigenvalue weighted by Gasteiger charge is -2.24. The van der Waals surface area contributed by atoms with Gasteiger partial charge in [0.1, 0.15) is 0 Å². The van der Waals surface area contributed by atoms with Gasteiger partial charge in [0.25, 0.3) is 0 Å². The minimum atomic E-state index is -0.798. The Hall–Kier alpha value is -0.830. The summed E-state index contributed by atoms with van der Waals surface area (Å²) in [5.74, 6) is -0.798. The van der Waals surface area contributed by atoms with E-state index >= 15 is 0 Å². The van der Waals surface area contributed by atoms with Crippen LogP contribution in [-0.2, 0) is 9.53 Å². The smallest absolute Gasteiger partial charge is 0.331 e. The highest BCUT2D eigenvalue weighted by Gasteiger charge is 2.20. The van der Waals surface area contributed by atoms with Crippen LogP contribution in [0.3, 0.4) is 0 Å². The molecule has 0 amide bonds. The van der Waals surface area contributed by atoms with Crippen LogP contribution < -0.4 is 0 Å². The van der Waals surface area contributed by atoms with Gasteiger partial charge in [0.05, 0.1) is 12.2 Å². The summed E-state index contributed by atoms with van der Waals surface area (Å²) in [6.45, 7) is 4.19. The van der Waals surface area contributed by atoms with E-state index in [1.165, 1.54) is 0 Å². The molecule has 0 saturated carbocycles. The summed E-state index contributed by atoms with van der Waals surface area (Å²) in [7, 11) is 0. The van der Waals surface area contributed by atoms with E-state index in [-0.39, 0.29) is 12.2 Å². The first kappa shape index (κ1) is 12.2. The van der Waals surface area contributed by atoms with E-state index in [1.54, 1.807) is 6.08 Å². The highest BCUT2D eigenvalue weighted by molar-refractivity contribution is 5.86. The van der Waals surface area contributed by atoms with Crippen molar-refractivity contribution in [2.24, 2.45) is 0 Å². The Balaban J connectivity index is 2.55. The predicted octanol–water partition coefficient (Wildman–Crippen LogP) is 2.76. The largest absolute Gasteiger partial charge is 0.478 e. The number of carbonyl (C=O) groups is 1. The second-order valence-corrected chi connectivity index (χ2v) is 4.00. The maximum Gasteiger partial charge on any atom is 0.331 e. The Morgan fingerprint density at radius 1 is 1.60 bits per heavy atom. The number of rotatable bonds is 5. The molecule has 1 atom stereocenters. The first-order valence-corrected chi connectivity index (χ1v) is 5.76. The van der Waals surface area contributed by atoms with Gasteiger partial charge in [0.15, 0.2) is 0 Å². The number of carboxylic acids is 1. The van der Waals surface area contributed by atoms with Crippen molar-refractivity contribution < 1.29 is 14.6 Å². The lowest BCUT2D eigenvalue weighted by molar-refractivity contribution is -0.133. The second kappa shape index (κ2) is 5.91. The third-order valence-corrected chi connectivity index (χ3v) is 2.87. The van der Waals surface area contributed by atoms with Crippen LogP contribution in [0.4, 0.5) is 0 Å². The lowest BCUT2D eigenvalue weighted by atomic mass is 9.97. The first-order chi connectivity index (χ1) is 7.17. The average molecular weight is 212 g/mol. The Labute approximate surface area is 91.1 Å². The van der Waals surface area contributed by atoms with Crippen molar-refractivity contribution in [2.45, 2.75) is 58.2 Å². The third kappa shape index (κ3) is 3.67. The molecule has 0 bridgehead atoms. The van der Waals surface area contributed by atoms with Crippen molar-refractivity contribution in [3.05, 3.63) is 11.6 Å². The minimum Gasteiger partial charge on any atom is -0.478 e. The molecule has 0 spiro atoms. The van der Waals surface area contributed by atoms with Crippen LogP contribution in [0.1, 0.15) is 46.0 Å². The second-order valence-electron chi connectivity index (χ2n) is 4.00. The van der Waals surface area contributed by atoms with Gasteiger partial charge in [0, 0.05) is 5.57 Å². The van der Waals surface area contributed by atoms with Crippen LogP contribution in [0.5, 0.6) is 0 Å². The fourth-order valence-electron chi connectivity index (χ4n) is 1.90. The molecule has 0 aromatic rings. The van der Waals surface area contributed by atoms with Gasteiger partial charge in [-0.05, 0) is 38.2 Å². The molecular formula is C12H20O3. The monoisotopic (exact) mass is 212 g/mol. The molecule has 1 aliphatic rings. The van der Waals surface area contributed by atoms with Crippen LogP contribution in [0.15, 0.2) is 11.6 Å². The van der Waals surface area contributed by atoms with Gasteiger partial charge < -0.3 is 9.84 Å². The SMILES string of the molecule is CCC(CC)O[C@@H]1C=C(C(=O)O)CCC1. The molecule has 1 N–H and O–H groups in total. The minimum absolute atomic E-state index is 0.00903. The molecule has 1 aliphatic carbocycles. The fraction of sp³-hybridized carbons (Fsp3) is 0.750. The number of carboxylic acid groups (broad SMARTS) is 1. The normalized spacial score (nSPS) is 21.5. The maximum atomic E-state index is 10.8. The standard InChI is InChI=1S/C12H20O3/c1-3-10(4-2)15-11-7-5-6-9(8-11)12(13)14/h8,10-11H,3-7H2,1-2H3,(H,13,14)/t11-/m0/s1. The zero-order valence-electron chi connectivity index (χ0n) is 9.53. The van der Waals surface area contributed by atoms with Crippen LogP contribution in [0, 0.1) is 0 Å². The van der Waals surface area contributed by atoms with E-state index in [2.05, 4.69) is 13.8 Å². The van der Waals surface area contributed by atoms with Crippen molar-refractivity contribution in [3.63, 3.8) is 0 Å². The highest BCUT2D eigenvalue weighted by atomic mass is 16.5. The topological polar surface area (TPSA) is 46.5 Å². The summed E-state index contributed by atoms with van der Waals surface area (Å²) < 4.78 is 5.83. The Morgan fingerprint density at radius 3 is 2.80 bits per heavy atom. The van der Waals surface area contributed by atoms with E-state index in [0.29, 0.717) is 12.0 Å². The summed E-state index contributed by atoms with van der Waals surface area (Å²) >= 11 is 0. The number of ether oxygens (including phenoxy) is 1. The van der Waals surface area contributed by atoms with Crippen molar-refractivity contribution in [2.75, 3.05) is 0 Å². The molecule has 0 unspecified atom stereocenters. The van der Waals surface area contributed by atoms with Crippen LogP contribution in [-0.4, -0.2) is 23.3 Å². The van der Waals surface area contributed by atoms with Crippen molar-refractivity contribution in [1.29, 1.82) is 0 Å². The van der Waals surface area contributed by atoms with Gasteiger partial charge >= 0.3 is 5.97 Å². The molecule has 86 valence electrons. The molecule has 0 saturated heterocycles. The zero-order valence-corrected chi connectivity index (χ0v) is 9.53. The number of aliphatic carboxylic acids is 1. The van der Waals surface area contributed by atoms with Gasteiger partial charge in [-0.2, -0.15) is 0 Å².